The molecule has 5 nitrogen and oxygen atoms in total. The first-order chi connectivity index (χ1) is 8.58. The minimum absolute atomic E-state index is 0. The Balaban J connectivity index is 0.00000324. The summed E-state index contributed by atoms with van der Waals surface area (Å²) < 4.78 is 0. The van der Waals surface area contributed by atoms with Crippen molar-refractivity contribution in [1.82, 2.24) is 15.5 Å². The first-order valence-electron chi connectivity index (χ1n) is 6.62. The van der Waals surface area contributed by atoms with Crippen LogP contribution in [0.4, 0.5) is 0 Å². The van der Waals surface area contributed by atoms with E-state index in [2.05, 4.69) is 41.3 Å². The zero-order valence-electron chi connectivity index (χ0n) is 12.0. The molecule has 19 heavy (non-hydrogen) atoms. The number of hydrogen-bond donors (Lipinski definition) is 3. The lowest BCUT2D eigenvalue weighted by Gasteiger charge is -2.14. The number of aromatic amines is 1. The van der Waals surface area contributed by atoms with Crippen LogP contribution in [0.1, 0.15) is 45.7 Å². The van der Waals surface area contributed by atoms with Gasteiger partial charge in [0.15, 0.2) is 5.96 Å². The maximum Gasteiger partial charge on any atom is 0.189 e. The molecule has 0 saturated carbocycles. The monoisotopic (exact) mass is 379 g/mol. The van der Waals surface area contributed by atoms with Gasteiger partial charge in [-0.1, -0.05) is 26.7 Å². The topological polar surface area (TPSA) is 79.1 Å². The largest absolute Gasteiger partial charge is 0.370 e. The van der Waals surface area contributed by atoms with Gasteiger partial charge in [0.25, 0.3) is 0 Å². The Bertz CT molecular complexity index is 348. The fourth-order valence-electron chi connectivity index (χ4n) is 1.75. The van der Waals surface area contributed by atoms with Crippen molar-refractivity contribution in [2.45, 2.75) is 52.6 Å². The number of nitrogens with zero attached hydrogens (tertiary/aromatic N) is 2. The van der Waals surface area contributed by atoms with Gasteiger partial charge in [-0.05, 0) is 25.3 Å². The van der Waals surface area contributed by atoms with Gasteiger partial charge in [0.05, 0.1) is 12.2 Å². The fourth-order valence-corrected chi connectivity index (χ4v) is 1.75. The lowest BCUT2D eigenvalue weighted by atomic mass is 10.0. The van der Waals surface area contributed by atoms with Crippen molar-refractivity contribution in [2.75, 3.05) is 0 Å². The van der Waals surface area contributed by atoms with Crippen LogP contribution in [0.25, 0.3) is 0 Å². The van der Waals surface area contributed by atoms with Crippen molar-refractivity contribution in [3.05, 3.63) is 18.0 Å². The first kappa shape index (κ1) is 18.2. The number of H-pyrrole nitrogens is 1. The van der Waals surface area contributed by atoms with E-state index in [1.165, 1.54) is 12.8 Å². The normalized spacial score (nSPS) is 13.2. The number of nitrogens with two attached hydrogens (primary N) is 1. The van der Waals surface area contributed by atoms with Gasteiger partial charge in [0.1, 0.15) is 0 Å². The minimum atomic E-state index is 0. The average molecular weight is 379 g/mol. The maximum atomic E-state index is 5.83. The van der Waals surface area contributed by atoms with Gasteiger partial charge >= 0.3 is 0 Å². The van der Waals surface area contributed by atoms with Crippen LogP contribution in [0.2, 0.25) is 0 Å². The first-order valence-corrected chi connectivity index (χ1v) is 6.62. The summed E-state index contributed by atoms with van der Waals surface area (Å²) in [7, 11) is 0. The number of rotatable bonds is 7. The molecule has 0 aromatic carbocycles. The molecule has 4 N–H and O–H groups in total. The SMILES string of the molecule is CC(C)CCCC(C)NC(N)=NCc1ccn[nH]1.I. The number of aliphatic imine (C=N–C) groups is 1. The molecule has 0 fully saturated rings. The molecule has 0 aliphatic rings. The molecule has 1 heterocycles. The van der Waals surface area contributed by atoms with E-state index in [1.54, 1.807) is 6.20 Å². The van der Waals surface area contributed by atoms with E-state index < -0.39 is 0 Å². The molecular weight excluding hydrogens is 353 g/mol. The van der Waals surface area contributed by atoms with Gasteiger partial charge in [-0.2, -0.15) is 5.10 Å². The molecular formula is C13H26IN5. The van der Waals surface area contributed by atoms with Crippen molar-refractivity contribution in [1.29, 1.82) is 0 Å². The van der Waals surface area contributed by atoms with Gasteiger partial charge in [0.2, 0.25) is 0 Å². The summed E-state index contributed by atoms with van der Waals surface area (Å²) in [6, 6.07) is 2.26. The summed E-state index contributed by atoms with van der Waals surface area (Å²) in [5, 5.41) is 9.92. The Hall–Kier alpha value is -0.790. The van der Waals surface area contributed by atoms with Crippen molar-refractivity contribution in [3.8, 4) is 0 Å². The van der Waals surface area contributed by atoms with E-state index in [4.69, 9.17) is 5.73 Å². The van der Waals surface area contributed by atoms with E-state index >= 15 is 0 Å². The predicted octanol–water partition coefficient (Wildman–Crippen LogP) is 2.65. The van der Waals surface area contributed by atoms with Crippen molar-refractivity contribution < 1.29 is 0 Å². The van der Waals surface area contributed by atoms with Gasteiger partial charge in [-0.15, -0.1) is 24.0 Å². The van der Waals surface area contributed by atoms with Crippen LogP contribution in [0.3, 0.4) is 0 Å². The molecule has 0 aliphatic heterocycles. The molecule has 0 bridgehead atoms. The third kappa shape index (κ3) is 8.85. The second-order valence-corrected chi connectivity index (χ2v) is 5.15. The molecule has 0 spiro atoms. The van der Waals surface area contributed by atoms with Gasteiger partial charge in [0, 0.05) is 12.2 Å². The summed E-state index contributed by atoms with van der Waals surface area (Å²) in [4.78, 5) is 4.26. The average Bonchev–Trinajstić information content (AvgIpc) is 2.78. The van der Waals surface area contributed by atoms with Crippen LogP contribution < -0.4 is 11.1 Å². The van der Waals surface area contributed by atoms with Crippen LogP contribution in [-0.4, -0.2) is 22.2 Å². The van der Waals surface area contributed by atoms with Crippen LogP contribution in [0.15, 0.2) is 17.3 Å². The fraction of sp³-hybridized carbons (Fsp3) is 0.692. The van der Waals surface area contributed by atoms with Crippen LogP contribution in [0.5, 0.6) is 0 Å². The second kappa shape index (κ2) is 10.1. The second-order valence-electron chi connectivity index (χ2n) is 5.15. The van der Waals surface area contributed by atoms with Crippen molar-refractivity contribution >= 4 is 29.9 Å². The smallest absolute Gasteiger partial charge is 0.189 e. The highest BCUT2D eigenvalue weighted by Crippen LogP contribution is 2.08. The molecule has 1 aromatic heterocycles. The van der Waals surface area contributed by atoms with Crippen LogP contribution in [0, 0.1) is 5.92 Å². The molecule has 1 aromatic rings. The van der Waals surface area contributed by atoms with E-state index in [-0.39, 0.29) is 24.0 Å². The highest BCUT2D eigenvalue weighted by atomic mass is 127. The van der Waals surface area contributed by atoms with E-state index in [0.29, 0.717) is 18.5 Å². The van der Waals surface area contributed by atoms with Crippen molar-refractivity contribution in [2.24, 2.45) is 16.6 Å². The Morgan fingerprint density at radius 3 is 2.74 bits per heavy atom. The molecule has 0 radical (unpaired) electrons. The molecule has 1 rings (SSSR count). The lowest BCUT2D eigenvalue weighted by Crippen LogP contribution is -2.38. The number of nitrogens with one attached hydrogen (secondary N) is 2. The Morgan fingerprint density at radius 1 is 1.42 bits per heavy atom. The van der Waals surface area contributed by atoms with E-state index in [9.17, 15) is 0 Å². The van der Waals surface area contributed by atoms with Gasteiger partial charge in [-0.3, -0.25) is 5.10 Å². The van der Waals surface area contributed by atoms with Gasteiger partial charge < -0.3 is 11.1 Å². The third-order valence-corrected chi connectivity index (χ3v) is 2.79. The van der Waals surface area contributed by atoms with Gasteiger partial charge in [-0.25, -0.2) is 4.99 Å². The number of hydrogen-bond acceptors (Lipinski definition) is 2. The highest BCUT2D eigenvalue weighted by molar-refractivity contribution is 14.0. The quantitative estimate of drug-likeness (QED) is 0.387. The molecule has 1 atom stereocenters. The molecule has 0 amide bonds. The maximum absolute atomic E-state index is 5.83. The standard InChI is InChI=1S/C13H25N5.HI/c1-10(2)5-4-6-11(3)17-13(14)15-9-12-7-8-16-18-12;/h7-8,10-11H,4-6,9H2,1-3H3,(H,16,18)(H3,14,15,17);1H. The Labute approximate surface area is 132 Å². The van der Waals surface area contributed by atoms with Crippen molar-refractivity contribution in [3.63, 3.8) is 0 Å². The van der Waals surface area contributed by atoms with Crippen LogP contribution in [-0.2, 0) is 6.54 Å². The summed E-state index contributed by atoms with van der Waals surface area (Å²) in [6.45, 7) is 7.17. The zero-order chi connectivity index (χ0) is 13.4. The molecule has 6 heteroatoms. The minimum Gasteiger partial charge on any atom is -0.370 e. The molecule has 0 aliphatic carbocycles. The molecule has 1 unspecified atom stereocenters. The Morgan fingerprint density at radius 2 is 2.16 bits per heavy atom. The molecule has 110 valence electrons. The molecule has 0 saturated heterocycles. The summed E-state index contributed by atoms with van der Waals surface area (Å²) >= 11 is 0. The lowest BCUT2D eigenvalue weighted by molar-refractivity contribution is 0.493. The van der Waals surface area contributed by atoms with E-state index in [1.807, 2.05) is 6.07 Å². The zero-order valence-corrected chi connectivity index (χ0v) is 14.3. The number of aromatic nitrogens is 2. The van der Waals surface area contributed by atoms with E-state index in [0.717, 1.165) is 18.0 Å². The summed E-state index contributed by atoms with van der Waals surface area (Å²) in [5.74, 6) is 1.27. The highest BCUT2D eigenvalue weighted by Gasteiger charge is 2.03. The van der Waals surface area contributed by atoms with Crippen LogP contribution >= 0.6 is 24.0 Å². The third-order valence-electron chi connectivity index (χ3n) is 2.79. The summed E-state index contributed by atoms with van der Waals surface area (Å²) in [6.07, 6.45) is 5.32. The Kier molecular flexibility index (Phi) is 9.63. The predicted molar refractivity (Wildman–Crippen MR) is 90.6 cm³/mol. The summed E-state index contributed by atoms with van der Waals surface area (Å²) in [5.41, 5.74) is 6.79. The number of guanidine groups is 1. The number of halogens is 1.